The molecular weight excluding hydrogens is 274 g/mol. The molecule has 1 amide bonds. The molecule has 2 aliphatic carbocycles. The molecule has 3 heteroatoms. The van der Waals surface area contributed by atoms with Gasteiger partial charge in [-0.15, -0.1) is 0 Å². The number of rotatable bonds is 3. The minimum absolute atomic E-state index is 0.0488. The highest BCUT2D eigenvalue weighted by atomic mass is 16.2. The lowest BCUT2D eigenvalue weighted by Gasteiger charge is -2.38. The van der Waals surface area contributed by atoms with Crippen molar-refractivity contribution in [3.8, 4) is 0 Å². The SMILES string of the molecule is Cc1ccc(CNC(=O)C23CCC(C)(C(=O)C2)C3(C)C)cc1. The molecule has 0 aromatic heterocycles. The number of nitrogens with one attached hydrogen (secondary N) is 1. The summed E-state index contributed by atoms with van der Waals surface area (Å²) in [7, 11) is 0. The Kier molecular flexibility index (Phi) is 3.24. The first-order valence-corrected chi connectivity index (χ1v) is 8.10. The molecule has 1 aromatic rings. The summed E-state index contributed by atoms with van der Waals surface area (Å²) < 4.78 is 0. The molecule has 2 atom stereocenters. The highest BCUT2D eigenvalue weighted by Gasteiger charge is 2.72. The van der Waals surface area contributed by atoms with Crippen molar-refractivity contribution in [3.63, 3.8) is 0 Å². The Labute approximate surface area is 132 Å². The van der Waals surface area contributed by atoms with Gasteiger partial charge in [0.2, 0.25) is 5.91 Å². The van der Waals surface area contributed by atoms with Crippen molar-refractivity contribution in [2.75, 3.05) is 0 Å². The first kappa shape index (κ1) is 15.3. The van der Waals surface area contributed by atoms with Crippen molar-refractivity contribution < 1.29 is 9.59 Å². The van der Waals surface area contributed by atoms with E-state index in [4.69, 9.17) is 0 Å². The summed E-state index contributed by atoms with van der Waals surface area (Å²) in [5, 5.41) is 3.08. The maximum Gasteiger partial charge on any atom is 0.227 e. The zero-order chi connectivity index (χ0) is 16.2. The molecule has 2 bridgehead atoms. The van der Waals surface area contributed by atoms with Gasteiger partial charge in [0.1, 0.15) is 5.78 Å². The van der Waals surface area contributed by atoms with E-state index < -0.39 is 5.41 Å². The summed E-state index contributed by atoms with van der Waals surface area (Å²) in [4.78, 5) is 25.3. The third kappa shape index (κ3) is 1.81. The van der Waals surface area contributed by atoms with Crippen LogP contribution < -0.4 is 5.32 Å². The smallest absolute Gasteiger partial charge is 0.227 e. The molecule has 3 nitrogen and oxygen atoms in total. The lowest BCUT2D eigenvalue weighted by molar-refractivity contribution is -0.136. The van der Waals surface area contributed by atoms with Crippen LogP contribution in [0.25, 0.3) is 0 Å². The van der Waals surface area contributed by atoms with E-state index in [1.54, 1.807) is 0 Å². The molecule has 0 saturated heterocycles. The summed E-state index contributed by atoms with van der Waals surface area (Å²) in [5.74, 6) is 0.307. The topological polar surface area (TPSA) is 46.2 Å². The second-order valence-electron chi connectivity index (χ2n) is 7.81. The number of benzene rings is 1. The number of amides is 1. The van der Waals surface area contributed by atoms with Crippen LogP contribution in [0.4, 0.5) is 0 Å². The minimum atomic E-state index is -0.524. The van der Waals surface area contributed by atoms with Gasteiger partial charge in [0.25, 0.3) is 0 Å². The van der Waals surface area contributed by atoms with E-state index in [9.17, 15) is 9.59 Å². The van der Waals surface area contributed by atoms with E-state index in [1.165, 1.54) is 5.56 Å². The number of hydrogen-bond acceptors (Lipinski definition) is 2. The van der Waals surface area contributed by atoms with Gasteiger partial charge in [0, 0.05) is 18.4 Å². The number of carbonyl (C=O) groups excluding carboxylic acids is 2. The standard InChI is InChI=1S/C19H25NO2/c1-13-5-7-14(8-6-13)12-20-16(22)19-10-9-18(4,15(21)11-19)17(19,2)3/h5-8H,9-12H2,1-4H3,(H,20,22). The molecule has 2 fully saturated rings. The predicted octanol–water partition coefficient (Wildman–Crippen LogP) is 3.40. The van der Waals surface area contributed by atoms with Gasteiger partial charge in [-0.3, -0.25) is 9.59 Å². The maximum atomic E-state index is 12.9. The van der Waals surface area contributed by atoms with Gasteiger partial charge in [-0.05, 0) is 30.7 Å². The van der Waals surface area contributed by atoms with Gasteiger partial charge in [0.15, 0.2) is 0 Å². The van der Waals surface area contributed by atoms with Crippen molar-refractivity contribution >= 4 is 11.7 Å². The summed E-state index contributed by atoms with van der Waals surface area (Å²) in [6.45, 7) is 8.80. The van der Waals surface area contributed by atoms with E-state index in [1.807, 2.05) is 26.0 Å². The van der Waals surface area contributed by atoms with Gasteiger partial charge in [-0.2, -0.15) is 0 Å². The van der Waals surface area contributed by atoms with Crippen molar-refractivity contribution in [1.29, 1.82) is 0 Å². The van der Waals surface area contributed by atoms with E-state index >= 15 is 0 Å². The van der Waals surface area contributed by atoms with E-state index in [-0.39, 0.29) is 22.5 Å². The van der Waals surface area contributed by atoms with Crippen LogP contribution >= 0.6 is 0 Å². The van der Waals surface area contributed by atoms with Gasteiger partial charge in [-0.1, -0.05) is 50.6 Å². The molecule has 1 N–H and O–H groups in total. The Bertz CT molecular complexity index is 631. The van der Waals surface area contributed by atoms with E-state index in [0.29, 0.717) is 13.0 Å². The number of aryl methyl sites for hydroxylation is 1. The average molecular weight is 299 g/mol. The number of carbonyl (C=O) groups is 2. The fraction of sp³-hybridized carbons (Fsp3) is 0.579. The molecule has 0 aliphatic heterocycles. The molecule has 0 heterocycles. The highest BCUT2D eigenvalue weighted by Crippen LogP contribution is 2.70. The van der Waals surface area contributed by atoms with Gasteiger partial charge in [0.05, 0.1) is 5.41 Å². The molecule has 118 valence electrons. The Morgan fingerprint density at radius 1 is 1.14 bits per heavy atom. The van der Waals surface area contributed by atoms with Crippen LogP contribution in [0.15, 0.2) is 24.3 Å². The summed E-state index contributed by atoms with van der Waals surface area (Å²) in [6.07, 6.45) is 2.05. The molecule has 3 rings (SSSR count). The fourth-order valence-electron chi connectivity index (χ4n) is 4.42. The second kappa shape index (κ2) is 4.68. The fourth-order valence-corrected chi connectivity index (χ4v) is 4.42. The van der Waals surface area contributed by atoms with Crippen LogP contribution in [-0.4, -0.2) is 11.7 Å². The lowest BCUT2D eigenvalue weighted by Crippen LogP contribution is -2.46. The normalized spacial score (nSPS) is 32.3. The summed E-state index contributed by atoms with van der Waals surface area (Å²) >= 11 is 0. The Morgan fingerprint density at radius 2 is 1.77 bits per heavy atom. The van der Waals surface area contributed by atoms with Gasteiger partial charge < -0.3 is 5.32 Å². The van der Waals surface area contributed by atoms with Crippen LogP contribution in [0.2, 0.25) is 0 Å². The third-order valence-electron chi connectivity index (χ3n) is 6.71. The second-order valence-corrected chi connectivity index (χ2v) is 7.81. The predicted molar refractivity (Wildman–Crippen MR) is 86.2 cm³/mol. The average Bonchev–Trinajstić information content (AvgIpc) is 2.77. The molecule has 22 heavy (non-hydrogen) atoms. The van der Waals surface area contributed by atoms with Crippen LogP contribution in [0, 0.1) is 23.2 Å². The summed E-state index contributed by atoms with van der Waals surface area (Å²) in [6, 6.07) is 8.18. The number of hydrogen-bond donors (Lipinski definition) is 1. The Hall–Kier alpha value is -1.64. The molecule has 0 spiro atoms. The first-order valence-electron chi connectivity index (χ1n) is 8.10. The molecule has 2 unspecified atom stereocenters. The minimum Gasteiger partial charge on any atom is -0.352 e. The zero-order valence-electron chi connectivity index (χ0n) is 14.0. The lowest BCUT2D eigenvalue weighted by atomic mass is 9.64. The zero-order valence-corrected chi connectivity index (χ0v) is 14.0. The molecule has 2 saturated carbocycles. The Morgan fingerprint density at radius 3 is 2.27 bits per heavy atom. The molecule has 2 aliphatic rings. The number of Topliss-reactive ketones (excluding diaryl/α,β-unsaturated/α-hetero) is 1. The van der Waals surface area contributed by atoms with Crippen LogP contribution in [0.3, 0.4) is 0 Å². The Balaban J connectivity index is 1.78. The molecule has 0 radical (unpaired) electrons. The maximum absolute atomic E-state index is 12.9. The summed E-state index contributed by atoms with van der Waals surface area (Å²) in [5.41, 5.74) is 1.17. The highest BCUT2D eigenvalue weighted by molar-refractivity contribution is 5.99. The molecule has 1 aromatic carbocycles. The van der Waals surface area contributed by atoms with Crippen LogP contribution in [0.5, 0.6) is 0 Å². The first-order chi connectivity index (χ1) is 10.2. The van der Waals surface area contributed by atoms with Crippen molar-refractivity contribution in [1.82, 2.24) is 5.32 Å². The van der Waals surface area contributed by atoms with Crippen molar-refractivity contribution in [3.05, 3.63) is 35.4 Å². The number of fused-ring (bicyclic) bond motifs is 2. The monoisotopic (exact) mass is 299 g/mol. The third-order valence-corrected chi connectivity index (χ3v) is 6.71. The van der Waals surface area contributed by atoms with E-state index in [2.05, 4.69) is 31.3 Å². The largest absolute Gasteiger partial charge is 0.352 e. The van der Waals surface area contributed by atoms with Crippen molar-refractivity contribution in [2.45, 2.75) is 53.5 Å². The van der Waals surface area contributed by atoms with Crippen LogP contribution in [0.1, 0.15) is 51.2 Å². The van der Waals surface area contributed by atoms with Crippen LogP contribution in [-0.2, 0) is 16.1 Å². The van der Waals surface area contributed by atoms with Gasteiger partial charge >= 0.3 is 0 Å². The quantitative estimate of drug-likeness (QED) is 0.930. The molecular formula is C19H25NO2. The van der Waals surface area contributed by atoms with Crippen molar-refractivity contribution in [2.24, 2.45) is 16.2 Å². The number of ketones is 1. The van der Waals surface area contributed by atoms with Gasteiger partial charge in [-0.25, -0.2) is 0 Å². The van der Waals surface area contributed by atoms with E-state index in [0.717, 1.165) is 18.4 Å².